The number of aliphatic hydroxyl groups is 1. The Balaban J connectivity index is 2.61. The molecule has 1 aliphatic carbocycles. The fourth-order valence-corrected chi connectivity index (χ4v) is 4.45. The zero-order valence-corrected chi connectivity index (χ0v) is 14.6. The molecule has 0 fully saturated rings. The van der Waals surface area contributed by atoms with Crippen molar-refractivity contribution in [2.75, 3.05) is 0 Å². The first kappa shape index (κ1) is 17.9. The van der Waals surface area contributed by atoms with E-state index in [1.807, 2.05) is 34.6 Å². The molecule has 0 amide bonds. The van der Waals surface area contributed by atoms with Crippen LogP contribution in [0.4, 0.5) is 4.39 Å². The maximum atomic E-state index is 13.5. The molecular formula is C19H27FO3. The normalized spacial score (nSPS) is 26.0. The molecule has 0 aromatic heterocycles. The fourth-order valence-electron chi connectivity index (χ4n) is 4.45. The second-order valence-corrected chi connectivity index (χ2v) is 8.19. The second-order valence-electron chi connectivity index (χ2n) is 8.19. The molecule has 1 aromatic rings. The number of carboxylic acids is 1. The number of fused-ring (bicyclic) bond motifs is 1. The van der Waals surface area contributed by atoms with Crippen LogP contribution in [0.2, 0.25) is 0 Å². The zero-order chi connectivity index (χ0) is 17.6. The van der Waals surface area contributed by atoms with E-state index >= 15 is 0 Å². The van der Waals surface area contributed by atoms with Crippen LogP contribution >= 0.6 is 0 Å². The van der Waals surface area contributed by atoms with Gasteiger partial charge >= 0.3 is 5.97 Å². The lowest BCUT2D eigenvalue weighted by atomic mass is 9.57. The van der Waals surface area contributed by atoms with Crippen LogP contribution in [0.3, 0.4) is 0 Å². The van der Waals surface area contributed by atoms with Crippen molar-refractivity contribution in [1.29, 1.82) is 0 Å². The van der Waals surface area contributed by atoms with E-state index in [4.69, 9.17) is 0 Å². The van der Waals surface area contributed by atoms with E-state index in [9.17, 15) is 19.4 Å². The van der Waals surface area contributed by atoms with Crippen LogP contribution in [-0.4, -0.2) is 21.8 Å². The van der Waals surface area contributed by atoms with Gasteiger partial charge in [-0.2, -0.15) is 0 Å². The van der Waals surface area contributed by atoms with Gasteiger partial charge in [0.1, 0.15) is 5.82 Å². The molecule has 0 radical (unpaired) electrons. The summed E-state index contributed by atoms with van der Waals surface area (Å²) in [6.07, 6.45) is 0.827. The molecule has 3 nitrogen and oxygen atoms in total. The maximum Gasteiger partial charge on any atom is 0.309 e. The van der Waals surface area contributed by atoms with Crippen molar-refractivity contribution < 1.29 is 19.4 Å². The van der Waals surface area contributed by atoms with Crippen molar-refractivity contribution in [2.45, 2.75) is 59.0 Å². The molecule has 3 atom stereocenters. The fraction of sp³-hybridized carbons (Fsp3) is 0.632. The third kappa shape index (κ3) is 3.14. The largest absolute Gasteiger partial charge is 0.481 e. The summed E-state index contributed by atoms with van der Waals surface area (Å²) in [6.45, 7) is 9.51. The first-order valence-corrected chi connectivity index (χ1v) is 8.22. The summed E-state index contributed by atoms with van der Waals surface area (Å²) in [5.41, 5.74) is -0.161. The summed E-state index contributed by atoms with van der Waals surface area (Å²) >= 11 is 0. The SMILES string of the molecule is CC(C)[C@H]1c2ccc(F)cc2CCC1(O)[C@@H](C(=O)O)C(C)(C)C. The number of aryl methyl sites for hydroxylation is 1. The maximum absolute atomic E-state index is 13.5. The van der Waals surface area contributed by atoms with Gasteiger partial charge in [-0.25, -0.2) is 4.39 Å². The van der Waals surface area contributed by atoms with Gasteiger partial charge in [0, 0.05) is 5.92 Å². The Hall–Kier alpha value is -1.42. The average Bonchev–Trinajstić information content (AvgIpc) is 2.35. The molecule has 0 bridgehead atoms. The number of halogens is 1. The highest BCUT2D eigenvalue weighted by molar-refractivity contribution is 5.73. The van der Waals surface area contributed by atoms with E-state index < -0.39 is 22.9 Å². The van der Waals surface area contributed by atoms with Crippen LogP contribution in [0.1, 0.15) is 58.1 Å². The van der Waals surface area contributed by atoms with Crippen LogP contribution in [-0.2, 0) is 11.2 Å². The van der Waals surface area contributed by atoms with Gasteiger partial charge in [-0.1, -0.05) is 40.7 Å². The minimum Gasteiger partial charge on any atom is -0.481 e. The van der Waals surface area contributed by atoms with Gasteiger partial charge < -0.3 is 10.2 Å². The van der Waals surface area contributed by atoms with Gasteiger partial charge in [-0.3, -0.25) is 4.79 Å². The summed E-state index contributed by atoms with van der Waals surface area (Å²) in [5, 5.41) is 21.3. The Labute approximate surface area is 137 Å². The lowest BCUT2D eigenvalue weighted by Gasteiger charge is -2.50. The number of benzene rings is 1. The average molecular weight is 322 g/mol. The van der Waals surface area contributed by atoms with Crippen molar-refractivity contribution in [3.05, 3.63) is 35.1 Å². The molecule has 128 valence electrons. The van der Waals surface area contributed by atoms with Crippen LogP contribution in [0, 0.1) is 23.1 Å². The van der Waals surface area contributed by atoms with Gasteiger partial charge in [0.05, 0.1) is 11.5 Å². The number of aliphatic carboxylic acids is 1. The highest BCUT2D eigenvalue weighted by Crippen LogP contribution is 2.51. The molecule has 0 saturated heterocycles. The number of carbonyl (C=O) groups is 1. The van der Waals surface area contributed by atoms with E-state index in [1.54, 1.807) is 6.07 Å². The smallest absolute Gasteiger partial charge is 0.309 e. The molecule has 0 spiro atoms. The van der Waals surface area contributed by atoms with Gasteiger partial charge in [0.25, 0.3) is 0 Å². The minimum atomic E-state index is -1.34. The molecule has 0 heterocycles. The third-order valence-corrected chi connectivity index (χ3v) is 5.05. The zero-order valence-electron chi connectivity index (χ0n) is 14.6. The summed E-state index contributed by atoms with van der Waals surface area (Å²) in [4.78, 5) is 12.0. The lowest BCUT2D eigenvalue weighted by molar-refractivity contribution is -0.168. The van der Waals surface area contributed by atoms with Crippen LogP contribution in [0.15, 0.2) is 18.2 Å². The molecular weight excluding hydrogens is 295 g/mol. The highest BCUT2D eigenvalue weighted by atomic mass is 19.1. The first-order chi connectivity index (χ1) is 10.5. The Kier molecular flexibility index (Phi) is 4.60. The number of hydrogen-bond donors (Lipinski definition) is 2. The van der Waals surface area contributed by atoms with Crippen LogP contribution in [0.25, 0.3) is 0 Å². The van der Waals surface area contributed by atoms with Crippen molar-refractivity contribution in [3.8, 4) is 0 Å². The minimum absolute atomic E-state index is 0.0497. The Morgan fingerprint density at radius 3 is 2.43 bits per heavy atom. The quantitative estimate of drug-likeness (QED) is 0.884. The summed E-state index contributed by atoms with van der Waals surface area (Å²) in [5.74, 6) is -2.43. The Bertz CT molecular complexity index is 603. The topological polar surface area (TPSA) is 57.5 Å². The molecule has 1 aliphatic rings. The molecule has 2 rings (SSSR count). The van der Waals surface area contributed by atoms with Gasteiger partial charge in [-0.05, 0) is 47.4 Å². The van der Waals surface area contributed by atoms with E-state index in [0.29, 0.717) is 12.8 Å². The molecule has 4 heteroatoms. The molecule has 0 saturated carbocycles. The van der Waals surface area contributed by atoms with Crippen molar-refractivity contribution >= 4 is 5.97 Å². The van der Waals surface area contributed by atoms with Crippen molar-refractivity contribution in [2.24, 2.45) is 17.3 Å². The summed E-state index contributed by atoms with van der Waals surface area (Å²) in [7, 11) is 0. The summed E-state index contributed by atoms with van der Waals surface area (Å²) in [6, 6.07) is 4.62. The van der Waals surface area contributed by atoms with Crippen LogP contribution in [0.5, 0.6) is 0 Å². The first-order valence-electron chi connectivity index (χ1n) is 8.22. The number of carboxylic acid groups (broad SMARTS) is 1. The number of hydrogen-bond acceptors (Lipinski definition) is 2. The predicted molar refractivity (Wildman–Crippen MR) is 87.8 cm³/mol. The molecule has 1 aromatic carbocycles. The van der Waals surface area contributed by atoms with Crippen LogP contribution < -0.4 is 0 Å². The van der Waals surface area contributed by atoms with Gasteiger partial charge in [0.15, 0.2) is 0 Å². The monoisotopic (exact) mass is 322 g/mol. The van der Waals surface area contributed by atoms with Gasteiger partial charge in [-0.15, -0.1) is 0 Å². The van der Waals surface area contributed by atoms with Crippen molar-refractivity contribution in [1.82, 2.24) is 0 Å². The molecule has 23 heavy (non-hydrogen) atoms. The molecule has 2 N–H and O–H groups in total. The van der Waals surface area contributed by atoms with E-state index in [-0.39, 0.29) is 17.7 Å². The molecule has 0 aliphatic heterocycles. The summed E-state index contributed by atoms with van der Waals surface area (Å²) < 4.78 is 13.5. The Morgan fingerprint density at radius 1 is 1.35 bits per heavy atom. The predicted octanol–water partition coefficient (Wildman–Crippen LogP) is 3.99. The highest BCUT2D eigenvalue weighted by Gasteiger charge is 2.55. The van der Waals surface area contributed by atoms with E-state index in [1.165, 1.54) is 12.1 Å². The standard InChI is InChI=1S/C19H27FO3/c1-11(2)15-14-7-6-13(20)10-12(14)8-9-19(15,23)16(17(21)22)18(3,4)5/h6-7,10-11,15-16,23H,8-9H2,1-5H3,(H,21,22)/t15-,16-,19?/m0/s1. The van der Waals surface area contributed by atoms with E-state index in [0.717, 1.165) is 11.1 Å². The third-order valence-electron chi connectivity index (χ3n) is 5.05. The van der Waals surface area contributed by atoms with Gasteiger partial charge in [0.2, 0.25) is 0 Å². The Morgan fingerprint density at radius 2 is 1.96 bits per heavy atom. The molecule has 1 unspecified atom stereocenters. The second kappa shape index (κ2) is 5.90. The number of rotatable bonds is 3. The van der Waals surface area contributed by atoms with E-state index in [2.05, 4.69) is 0 Å². The lowest BCUT2D eigenvalue weighted by Crippen LogP contribution is -2.55. The van der Waals surface area contributed by atoms with Crippen molar-refractivity contribution in [3.63, 3.8) is 0 Å².